The van der Waals surface area contributed by atoms with E-state index in [1.54, 1.807) is 30.3 Å². The molecule has 15 heteroatoms. The summed E-state index contributed by atoms with van der Waals surface area (Å²) >= 11 is 0. The Labute approximate surface area is 247 Å². The van der Waals surface area contributed by atoms with Gasteiger partial charge in [0.25, 0.3) is 0 Å². The molecule has 1 aliphatic heterocycles. The second kappa shape index (κ2) is 13.2. The summed E-state index contributed by atoms with van der Waals surface area (Å²) in [6.07, 6.45) is -6.94. The number of hydrogen-bond acceptors (Lipinski definition) is 15. The molecule has 0 amide bonds. The van der Waals surface area contributed by atoms with Crippen molar-refractivity contribution in [3.05, 3.63) is 77.4 Å². The molecule has 0 radical (unpaired) electrons. The lowest BCUT2D eigenvalue weighted by Crippen LogP contribution is -2.61. The van der Waals surface area contributed by atoms with Crippen LogP contribution in [-0.4, -0.2) is 96.1 Å². The van der Waals surface area contributed by atoms with Crippen molar-refractivity contribution in [2.45, 2.75) is 30.7 Å². The summed E-state index contributed by atoms with van der Waals surface area (Å²) in [6, 6.07) is 11.6. The standard InChI is InChI=1S/C29H26O15/c30-16-8-14(9-17(31)22(16)35)27(39)43-26-25(38)24(37)20(12-41-21(34)7-6-13-4-2-1-3-5-13)42-29(26)44-28(40)15-10-18(32)23(36)19(33)11-15/h1-11,20,24-26,29-33,35-38H,12H2/b7-6+. The predicted molar refractivity (Wildman–Crippen MR) is 145 cm³/mol. The van der Waals surface area contributed by atoms with Gasteiger partial charge in [-0.15, -0.1) is 0 Å². The minimum absolute atomic E-state index is 0.519. The number of aliphatic hydroxyl groups excluding tert-OH is 2. The SMILES string of the molecule is O=C(/C=C/c1ccccc1)OCC1OC(OC(=O)c2cc(O)c(O)c(O)c2)C(OC(=O)c2cc(O)c(O)c(O)c2)C(O)C1O. The zero-order valence-corrected chi connectivity index (χ0v) is 22.4. The molecule has 232 valence electrons. The molecule has 44 heavy (non-hydrogen) atoms. The van der Waals surface area contributed by atoms with Crippen molar-refractivity contribution in [1.82, 2.24) is 0 Å². The van der Waals surface area contributed by atoms with Crippen LogP contribution in [0.15, 0.2) is 60.7 Å². The van der Waals surface area contributed by atoms with Gasteiger partial charge in [0.15, 0.2) is 40.6 Å². The average molecular weight is 615 g/mol. The van der Waals surface area contributed by atoms with E-state index < -0.39 is 101 Å². The third-order valence-electron chi connectivity index (χ3n) is 6.32. The number of phenolic OH excluding ortho intramolecular Hbond substituents is 6. The minimum atomic E-state index is -2.05. The number of aromatic hydroxyl groups is 6. The molecule has 3 aromatic carbocycles. The third kappa shape index (κ3) is 7.09. The van der Waals surface area contributed by atoms with Gasteiger partial charge in [0.1, 0.15) is 24.9 Å². The average Bonchev–Trinajstić information content (AvgIpc) is 3.00. The van der Waals surface area contributed by atoms with Gasteiger partial charge in [-0.1, -0.05) is 30.3 Å². The molecule has 5 unspecified atom stereocenters. The third-order valence-corrected chi connectivity index (χ3v) is 6.32. The molecule has 0 saturated carbocycles. The predicted octanol–water partition coefficient (Wildman–Crippen LogP) is 1.01. The summed E-state index contributed by atoms with van der Waals surface area (Å²) in [4.78, 5) is 37.9. The smallest absolute Gasteiger partial charge is 0.340 e. The molecule has 1 heterocycles. The molecule has 8 N–H and O–H groups in total. The molecule has 0 spiro atoms. The molecule has 3 aromatic rings. The van der Waals surface area contributed by atoms with Crippen LogP contribution in [-0.2, 0) is 23.7 Å². The number of carbonyl (C=O) groups excluding carboxylic acids is 3. The molecule has 0 aliphatic carbocycles. The van der Waals surface area contributed by atoms with Gasteiger partial charge in [-0.3, -0.25) is 0 Å². The van der Waals surface area contributed by atoms with Crippen molar-refractivity contribution < 1.29 is 74.2 Å². The van der Waals surface area contributed by atoms with Crippen LogP contribution in [0.5, 0.6) is 34.5 Å². The van der Waals surface area contributed by atoms with Crippen LogP contribution in [0, 0.1) is 0 Å². The molecular weight excluding hydrogens is 588 g/mol. The highest BCUT2D eigenvalue weighted by atomic mass is 16.7. The van der Waals surface area contributed by atoms with Gasteiger partial charge < -0.3 is 59.8 Å². The van der Waals surface area contributed by atoms with Crippen LogP contribution in [0.2, 0.25) is 0 Å². The quantitative estimate of drug-likeness (QED) is 0.0763. The molecule has 4 rings (SSSR count). The Kier molecular flexibility index (Phi) is 9.43. The van der Waals surface area contributed by atoms with Crippen molar-refractivity contribution >= 4 is 24.0 Å². The number of aliphatic hydroxyl groups is 2. The Hall–Kier alpha value is -5.51. The molecule has 15 nitrogen and oxygen atoms in total. The van der Waals surface area contributed by atoms with E-state index in [2.05, 4.69) is 0 Å². The van der Waals surface area contributed by atoms with Gasteiger partial charge in [-0.2, -0.15) is 0 Å². The van der Waals surface area contributed by atoms with Gasteiger partial charge >= 0.3 is 17.9 Å². The Morgan fingerprint density at radius 2 is 1.23 bits per heavy atom. The van der Waals surface area contributed by atoms with Gasteiger partial charge in [0, 0.05) is 6.08 Å². The van der Waals surface area contributed by atoms with E-state index in [4.69, 9.17) is 18.9 Å². The Morgan fingerprint density at radius 1 is 0.727 bits per heavy atom. The molecule has 5 atom stereocenters. The van der Waals surface area contributed by atoms with Crippen molar-refractivity contribution in [1.29, 1.82) is 0 Å². The molecule has 1 aliphatic rings. The second-order valence-corrected chi connectivity index (χ2v) is 9.40. The van der Waals surface area contributed by atoms with E-state index in [1.807, 2.05) is 0 Å². The summed E-state index contributed by atoms with van der Waals surface area (Å²) in [7, 11) is 0. The first-order valence-electron chi connectivity index (χ1n) is 12.7. The largest absolute Gasteiger partial charge is 0.504 e. The Morgan fingerprint density at radius 3 is 1.75 bits per heavy atom. The van der Waals surface area contributed by atoms with E-state index in [0.717, 1.165) is 30.3 Å². The second-order valence-electron chi connectivity index (χ2n) is 9.40. The topological polar surface area (TPSA) is 250 Å². The van der Waals surface area contributed by atoms with Gasteiger partial charge in [-0.25, -0.2) is 14.4 Å². The van der Waals surface area contributed by atoms with E-state index in [9.17, 15) is 55.2 Å². The van der Waals surface area contributed by atoms with Crippen molar-refractivity contribution in [2.24, 2.45) is 0 Å². The first kappa shape index (κ1) is 31.4. The lowest BCUT2D eigenvalue weighted by molar-refractivity contribution is -0.285. The Balaban J connectivity index is 1.55. The normalized spacial score (nSPS) is 21.5. The number of phenols is 6. The van der Waals surface area contributed by atoms with Crippen LogP contribution in [0.1, 0.15) is 26.3 Å². The van der Waals surface area contributed by atoms with Crippen LogP contribution in [0.3, 0.4) is 0 Å². The van der Waals surface area contributed by atoms with Gasteiger partial charge in [-0.05, 0) is 35.9 Å². The zero-order chi connectivity index (χ0) is 32.1. The lowest BCUT2D eigenvalue weighted by Gasteiger charge is -2.41. The highest BCUT2D eigenvalue weighted by Gasteiger charge is 2.49. The summed E-state index contributed by atoms with van der Waals surface area (Å²) in [5.41, 5.74) is -0.360. The molecule has 0 bridgehead atoms. The fourth-order valence-corrected chi connectivity index (χ4v) is 4.01. The highest BCUT2D eigenvalue weighted by molar-refractivity contribution is 5.92. The molecular formula is C29H26O15. The van der Waals surface area contributed by atoms with Crippen LogP contribution >= 0.6 is 0 Å². The van der Waals surface area contributed by atoms with Gasteiger partial charge in [0.05, 0.1) is 11.1 Å². The van der Waals surface area contributed by atoms with Crippen molar-refractivity contribution in [2.75, 3.05) is 6.61 Å². The first-order valence-corrected chi connectivity index (χ1v) is 12.7. The monoisotopic (exact) mass is 614 g/mol. The number of rotatable bonds is 8. The van der Waals surface area contributed by atoms with Crippen LogP contribution in [0.4, 0.5) is 0 Å². The number of hydrogen-bond donors (Lipinski definition) is 8. The van der Waals surface area contributed by atoms with Crippen LogP contribution < -0.4 is 0 Å². The highest BCUT2D eigenvalue weighted by Crippen LogP contribution is 2.37. The number of benzene rings is 3. The van der Waals surface area contributed by atoms with E-state index in [-0.39, 0.29) is 0 Å². The van der Waals surface area contributed by atoms with E-state index in [0.29, 0.717) is 5.56 Å². The van der Waals surface area contributed by atoms with Gasteiger partial charge in [0.2, 0.25) is 6.29 Å². The van der Waals surface area contributed by atoms with E-state index >= 15 is 0 Å². The fraction of sp³-hybridized carbons (Fsp3) is 0.207. The summed E-state index contributed by atoms with van der Waals surface area (Å²) in [6.45, 7) is -0.675. The number of carbonyl (C=O) groups is 3. The Bertz CT molecular complexity index is 1520. The zero-order valence-electron chi connectivity index (χ0n) is 22.4. The molecule has 0 aromatic heterocycles. The van der Waals surface area contributed by atoms with Crippen molar-refractivity contribution in [3.8, 4) is 34.5 Å². The summed E-state index contributed by atoms with van der Waals surface area (Å²) in [5, 5.41) is 79.6. The maximum Gasteiger partial charge on any atom is 0.340 e. The maximum absolute atomic E-state index is 12.9. The van der Waals surface area contributed by atoms with Crippen molar-refractivity contribution in [3.63, 3.8) is 0 Å². The lowest BCUT2D eigenvalue weighted by atomic mass is 9.99. The summed E-state index contributed by atoms with van der Waals surface area (Å²) < 4.78 is 21.0. The van der Waals surface area contributed by atoms with E-state index in [1.165, 1.54) is 6.08 Å². The minimum Gasteiger partial charge on any atom is -0.504 e. The fourth-order valence-electron chi connectivity index (χ4n) is 4.01. The molecule has 1 saturated heterocycles. The summed E-state index contributed by atoms with van der Waals surface area (Å²) in [5.74, 6) is -8.94. The van der Waals surface area contributed by atoms with Crippen LogP contribution in [0.25, 0.3) is 6.08 Å². The number of esters is 3. The molecule has 1 fully saturated rings. The first-order chi connectivity index (χ1) is 20.8. The number of ether oxygens (including phenoxy) is 4. The maximum atomic E-state index is 12.9.